The monoisotopic (exact) mass is 376 g/mol. The van der Waals surface area contributed by atoms with Gasteiger partial charge in [-0.1, -0.05) is 13.8 Å². The normalized spacial score (nSPS) is 16.7. The fourth-order valence-corrected chi connectivity index (χ4v) is 2.53. The number of nitrogens with one attached hydrogen (secondary N) is 1. The number of H-pyrrole nitrogens is 1. The van der Waals surface area contributed by atoms with Gasteiger partial charge in [0.05, 0.1) is 30.7 Å². The molecule has 0 spiro atoms. The molecule has 1 N–H and O–H groups in total. The van der Waals surface area contributed by atoms with Crippen LogP contribution in [-0.4, -0.2) is 47.0 Å². The van der Waals surface area contributed by atoms with Crippen LogP contribution in [0.3, 0.4) is 0 Å². The molecule has 0 radical (unpaired) electrons. The number of halogens is 5. The van der Waals surface area contributed by atoms with Crippen molar-refractivity contribution in [1.29, 1.82) is 0 Å². The molecule has 26 heavy (non-hydrogen) atoms. The van der Waals surface area contributed by atoms with Crippen LogP contribution in [0, 0.1) is 0 Å². The minimum atomic E-state index is -4.54. The molecule has 0 bridgehead atoms. The molecule has 0 saturated carbocycles. The van der Waals surface area contributed by atoms with E-state index < -0.39 is 31.8 Å². The van der Waals surface area contributed by atoms with Gasteiger partial charge in [-0.05, 0) is 12.0 Å². The molecule has 1 fully saturated rings. The Hall–Kier alpha value is -2.39. The van der Waals surface area contributed by atoms with Gasteiger partial charge in [0.1, 0.15) is 11.4 Å². The Balaban J connectivity index is 1.90. The highest BCUT2D eigenvalue weighted by Gasteiger charge is 2.45. The second kappa shape index (κ2) is 6.40. The number of pyridine rings is 1. The van der Waals surface area contributed by atoms with Crippen molar-refractivity contribution in [2.45, 2.75) is 31.9 Å². The first-order valence-electron chi connectivity index (χ1n) is 7.92. The average Bonchev–Trinajstić information content (AvgIpc) is 3.00. The predicted molar refractivity (Wildman–Crippen MR) is 84.6 cm³/mol. The van der Waals surface area contributed by atoms with Gasteiger partial charge >= 0.3 is 6.18 Å². The number of hydrogen-bond donors (Lipinski definition) is 1. The first-order valence-corrected chi connectivity index (χ1v) is 7.92. The van der Waals surface area contributed by atoms with E-state index in [2.05, 4.69) is 15.2 Å². The van der Waals surface area contributed by atoms with Crippen LogP contribution in [0.2, 0.25) is 0 Å². The highest BCUT2D eigenvalue weighted by atomic mass is 19.4. The predicted octanol–water partition coefficient (Wildman–Crippen LogP) is 3.99. The van der Waals surface area contributed by atoms with Crippen molar-refractivity contribution >= 4 is 5.69 Å². The highest BCUT2D eigenvalue weighted by Crippen LogP contribution is 2.39. The third kappa shape index (κ3) is 4.05. The summed E-state index contributed by atoms with van der Waals surface area (Å²) in [7, 11) is 0. The van der Waals surface area contributed by atoms with E-state index >= 15 is 0 Å². The quantitative estimate of drug-likeness (QED) is 0.802. The van der Waals surface area contributed by atoms with Crippen LogP contribution in [0.4, 0.5) is 27.6 Å². The van der Waals surface area contributed by atoms with Crippen LogP contribution in [0.15, 0.2) is 18.3 Å². The fraction of sp³-hybridized carbons (Fsp3) is 0.500. The maximum atomic E-state index is 13.1. The van der Waals surface area contributed by atoms with Gasteiger partial charge < -0.3 is 9.64 Å². The second-order valence-electron chi connectivity index (χ2n) is 6.52. The lowest BCUT2D eigenvalue weighted by atomic mass is 10.1. The standard InChI is InChI=1S/C16H17F5N4O/c1-9(2)10-3-12(24-23-10)11-4-14(26-8-16(19,20)21)13(5-22-11)25-6-15(17,18)7-25/h3-5,9H,6-8H2,1-2H3,(H,23,24). The van der Waals surface area contributed by atoms with Gasteiger partial charge in [-0.15, -0.1) is 0 Å². The molecule has 0 unspecified atom stereocenters. The van der Waals surface area contributed by atoms with Crippen LogP contribution in [0.25, 0.3) is 11.4 Å². The van der Waals surface area contributed by atoms with Crippen LogP contribution in [0.1, 0.15) is 25.5 Å². The fourth-order valence-electron chi connectivity index (χ4n) is 2.53. The minimum absolute atomic E-state index is 0.101. The molecule has 1 saturated heterocycles. The smallest absolute Gasteiger partial charge is 0.422 e. The van der Waals surface area contributed by atoms with E-state index in [-0.39, 0.29) is 17.4 Å². The van der Waals surface area contributed by atoms with E-state index in [1.54, 1.807) is 6.07 Å². The SMILES string of the molecule is CC(C)c1cc(-c2cc(OCC(F)(F)F)c(N3CC(F)(F)C3)cn2)n[nH]1. The second-order valence-corrected chi connectivity index (χ2v) is 6.52. The van der Waals surface area contributed by atoms with E-state index in [1.807, 2.05) is 13.8 Å². The summed E-state index contributed by atoms with van der Waals surface area (Å²) in [5.41, 5.74) is 1.67. The van der Waals surface area contributed by atoms with E-state index in [0.717, 1.165) is 5.69 Å². The number of ether oxygens (including phenoxy) is 1. The van der Waals surface area contributed by atoms with Gasteiger partial charge in [-0.3, -0.25) is 10.1 Å². The van der Waals surface area contributed by atoms with Crippen LogP contribution < -0.4 is 9.64 Å². The first-order chi connectivity index (χ1) is 12.0. The van der Waals surface area contributed by atoms with Crippen molar-refractivity contribution in [3.8, 4) is 17.1 Å². The lowest BCUT2D eigenvalue weighted by Crippen LogP contribution is -2.56. The molecule has 3 rings (SSSR count). The topological polar surface area (TPSA) is 54.0 Å². The third-order valence-corrected chi connectivity index (χ3v) is 3.90. The summed E-state index contributed by atoms with van der Waals surface area (Å²) >= 11 is 0. The zero-order valence-electron chi connectivity index (χ0n) is 14.1. The van der Waals surface area contributed by atoms with E-state index in [4.69, 9.17) is 4.74 Å². The molecule has 2 aromatic heterocycles. The van der Waals surface area contributed by atoms with Crippen molar-refractivity contribution in [2.75, 3.05) is 24.6 Å². The van der Waals surface area contributed by atoms with Crippen LogP contribution >= 0.6 is 0 Å². The zero-order chi connectivity index (χ0) is 19.1. The van der Waals surface area contributed by atoms with Crippen LogP contribution in [0.5, 0.6) is 5.75 Å². The summed E-state index contributed by atoms with van der Waals surface area (Å²) < 4.78 is 68.6. The van der Waals surface area contributed by atoms with Gasteiger partial charge in [-0.25, -0.2) is 8.78 Å². The summed E-state index contributed by atoms with van der Waals surface area (Å²) in [5, 5.41) is 6.92. The van der Waals surface area contributed by atoms with Crippen molar-refractivity contribution in [3.05, 3.63) is 24.0 Å². The number of rotatable bonds is 5. The number of alkyl halides is 5. The molecular weight excluding hydrogens is 359 g/mol. The molecule has 0 amide bonds. The largest absolute Gasteiger partial charge is 0.482 e. The van der Waals surface area contributed by atoms with Crippen LogP contribution in [-0.2, 0) is 0 Å². The summed E-state index contributed by atoms with van der Waals surface area (Å²) in [6.07, 6.45) is -3.31. The Morgan fingerprint density at radius 3 is 2.46 bits per heavy atom. The molecule has 10 heteroatoms. The molecule has 142 valence electrons. The van der Waals surface area contributed by atoms with E-state index in [1.165, 1.54) is 17.2 Å². The van der Waals surface area contributed by atoms with Crippen molar-refractivity contribution < 1.29 is 26.7 Å². The van der Waals surface area contributed by atoms with Gasteiger partial charge in [0.2, 0.25) is 0 Å². The van der Waals surface area contributed by atoms with Gasteiger partial charge in [0, 0.05) is 11.8 Å². The van der Waals surface area contributed by atoms with E-state index in [0.29, 0.717) is 11.4 Å². The van der Waals surface area contributed by atoms with Crippen molar-refractivity contribution in [3.63, 3.8) is 0 Å². The molecule has 0 aliphatic carbocycles. The maximum absolute atomic E-state index is 13.1. The molecule has 2 aromatic rings. The Morgan fingerprint density at radius 1 is 1.23 bits per heavy atom. The minimum Gasteiger partial charge on any atom is -0.482 e. The van der Waals surface area contributed by atoms with Gasteiger partial charge in [-0.2, -0.15) is 18.3 Å². The number of aromatic amines is 1. The summed E-state index contributed by atoms with van der Waals surface area (Å²) in [6, 6.07) is 3.02. The Kier molecular flexibility index (Phi) is 4.53. The van der Waals surface area contributed by atoms with Gasteiger partial charge in [0.15, 0.2) is 6.61 Å². The lowest BCUT2D eigenvalue weighted by Gasteiger charge is -2.40. The van der Waals surface area contributed by atoms with E-state index in [9.17, 15) is 22.0 Å². The Labute approximate surface area is 146 Å². The number of hydrogen-bond acceptors (Lipinski definition) is 4. The lowest BCUT2D eigenvalue weighted by molar-refractivity contribution is -0.153. The van der Waals surface area contributed by atoms with Gasteiger partial charge in [0.25, 0.3) is 5.92 Å². The molecule has 1 aliphatic rings. The molecule has 5 nitrogen and oxygen atoms in total. The number of anilines is 1. The Bertz CT molecular complexity index is 779. The average molecular weight is 376 g/mol. The number of nitrogens with zero attached hydrogens (tertiary/aromatic N) is 3. The summed E-state index contributed by atoms with van der Waals surface area (Å²) in [5.74, 6) is -2.84. The Morgan fingerprint density at radius 2 is 1.92 bits per heavy atom. The highest BCUT2D eigenvalue weighted by molar-refractivity contribution is 5.66. The molecular formula is C16H17F5N4O. The molecule has 0 atom stereocenters. The molecule has 3 heterocycles. The third-order valence-electron chi connectivity index (χ3n) is 3.90. The van der Waals surface area contributed by atoms with Crippen molar-refractivity contribution in [2.24, 2.45) is 0 Å². The summed E-state index contributed by atoms with van der Waals surface area (Å²) in [4.78, 5) is 5.38. The van der Waals surface area contributed by atoms with Crippen molar-refractivity contribution in [1.82, 2.24) is 15.2 Å². The maximum Gasteiger partial charge on any atom is 0.422 e. The summed E-state index contributed by atoms with van der Waals surface area (Å²) in [6.45, 7) is 1.21. The number of aromatic nitrogens is 3. The zero-order valence-corrected chi connectivity index (χ0v) is 14.1. The first kappa shape index (κ1) is 18.4. The molecule has 1 aliphatic heterocycles. The molecule has 0 aromatic carbocycles.